The lowest BCUT2D eigenvalue weighted by atomic mass is 9.82. The largest absolute Gasteiger partial charge is 0.353 e. The van der Waals surface area contributed by atoms with Crippen LogP contribution < -0.4 is 10.6 Å². The monoisotopic (exact) mass is 340 g/mol. The molecular formula is C17H29ClN4O. The average Bonchev–Trinajstić information content (AvgIpc) is 3.25. The van der Waals surface area contributed by atoms with Crippen LogP contribution in [0.25, 0.3) is 0 Å². The highest BCUT2D eigenvalue weighted by molar-refractivity contribution is 5.85. The van der Waals surface area contributed by atoms with Crippen molar-refractivity contribution in [1.82, 2.24) is 20.4 Å². The first-order valence-corrected chi connectivity index (χ1v) is 8.70. The number of carbonyl (C=O) groups excluding carboxylic acids is 1. The van der Waals surface area contributed by atoms with Crippen molar-refractivity contribution in [2.24, 2.45) is 5.41 Å². The Balaban J connectivity index is 0.00000192. The van der Waals surface area contributed by atoms with Gasteiger partial charge in [-0.2, -0.15) is 5.10 Å². The topological polar surface area (TPSA) is 59.0 Å². The van der Waals surface area contributed by atoms with E-state index in [4.69, 9.17) is 0 Å². The van der Waals surface area contributed by atoms with Crippen LogP contribution in [-0.4, -0.2) is 35.3 Å². The summed E-state index contributed by atoms with van der Waals surface area (Å²) in [5.74, 6) is 0.150. The van der Waals surface area contributed by atoms with Gasteiger partial charge in [-0.25, -0.2) is 0 Å². The van der Waals surface area contributed by atoms with Crippen LogP contribution in [0.2, 0.25) is 0 Å². The molecule has 1 aromatic heterocycles. The molecule has 1 saturated carbocycles. The van der Waals surface area contributed by atoms with E-state index in [0.717, 1.165) is 38.9 Å². The number of halogens is 1. The molecule has 2 aliphatic rings. The van der Waals surface area contributed by atoms with Gasteiger partial charge in [0.2, 0.25) is 5.91 Å². The molecule has 2 fully saturated rings. The number of hydrogen-bond donors (Lipinski definition) is 2. The van der Waals surface area contributed by atoms with Gasteiger partial charge in [0.25, 0.3) is 0 Å². The maximum Gasteiger partial charge on any atom is 0.248 e. The molecule has 5 nitrogen and oxygen atoms in total. The van der Waals surface area contributed by atoms with E-state index in [9.17, 15) is 4.79 Å². The smallest absolute Gasteiger partial charge is 0.248 e. The van der Waals surface area contributed by atoms with E-state index < -0.39 is 5.54 Å². The third-order valence-corrected chi connectivity index (χ3v) is 5.83. The zero-order valence-corrected chi connectivity index (χ0v) is 14.8. The molecule has 3 rings (SSSR count). The Morgan fingerprint density at radius 3 is 2.52 bits per heavy atom. The minimum absolute atomic E-state index is 0. The van der Waals surface area contributed by atoms with E-state index in [1.54, 1.807) is 6.20 Å². The second-order valence-electron chi connectivity index (χ2n) is 6.98. The summed E-state index contributed by atoms with van der Waals surface area (Å²) in [6.07, 6.45) is 11.6. The number of hydrogen-bond acceptors (Lipinski definition) is 3. The second kappa shape index (κ2) is 7.67. The SMILES string of the molecule is CCC1(CNC(=O)C2(n3cccn3)CCNCC2)CCCC1.Cl. The van der Waals surface area contributed by atoms with Crippen LogP contribution in [0.3, 0.4) is 0 Å². The molecule has 0 unspecified atom stereocenters. The first kappa shape index (κ1) is 18.3. The van der Waals surface area contributed by atoms with Gasteiger partial charge in [-0.05, 0) is 56.7 Å². The lowest BCUT2D eigenvalue weighted by molar-refractivity contribution is -0.132. The van der Waals surface area contributed by atoms with Crippen molar-refractivity contribution >= 4 is 18.3 Å². The van der Waals surface area contributed by atoms with Gasteiger partial charge in [0.1, 0.15) is 5.54 Å². The average molecular weight is 341 g/mol. The van der Waals surface area contributed by atoms with Gasteiger partial charge in [0, 0.05) is 18.9 Å². The van der Waals surface area contributed by atoms with Gasteiger partial charge < -0.3 is 10.6 Å². The first-order valence-electron chi connectivity index (χ1n) is 8.70. The molecule has 0 atom stereocenters. The van der Waals surface area contributed by atoms with Crippen LogP contribution in [0.4, 0.5) is 0 Å². The maximum atomic E-state index is 13.0. The number of aromatic nitrogens is 2. The van der Waals surface area contributed by atoms with E-state index in [1.807, 2.05) is 16.9 Å². The minimum Gasteiger partial charge on any atom is -0.353 e. The maximum absolute atomic E-state index is 13.0. The quantitative estimate of drug-likeness (QED) is 0.865. The number of rotatable bonds is 5. The van der Waals surface area contributed by atoms with Gasteiger partial charge >= 0.3 is 0 Å². The molecule has 2 heterocycles. The van der Waals surface area contributed by atoms with Crippen LogP contribution in [-0.2, 0) is 10.3 Å². The molecule has 0 bridgehead atoms. The second-order valence-corrected chi connectivity index (χ2v) is 6.98. The first-order chi connectivity index (χ1) is 10.7. The Kier molecular flexibility index (Phi) is 6.09. The van der Waals surface area contributed by atoms with Crippen molar-refractivity contribution in [3.63, 3.8) is 0 Å². The van der Waals surface area contributed by atoms with Crippen LogP contribution in [0, 0.1) is 5.41 Å². The van der Waals surface area contributed by atoms with Gasteiger partial charge in [-0.1, -0.05) is 19.8 Å². The van der Waals surface area contributed by atoms with Crippen molar-refractivity contribution in [2.75, 3.05) is 19.6 Å². The summed E-state index contributed by atoms with van der Waals surface area (Å²) < 4.78 is 1.87. The van der Waals surface area contributed by atoms with Crippen LogP contribution in [0.15, 0.2) is 18.5 Å². The molecule has 2 N–H and O–H groups in total. The van der Waals surface area contributed by atoms with Gasteiger partial charge in [-0.3, -0.25) is 9.48 Å². The predicted octanol–water partition coefficient (Wildman–Crippen LogP) is 2.47. The molecule has 130 valence electrons. The number of nitrogens with one attached hydrogen (secondary N) is 2. The normalized spacial score (nSPS) is 22.3. The highest BCUT2D eigenvalue weighted by Gasteiger charge is 2.43. The highest BCUT2D eigenvalue weighted by Crippen LogP contribution is 2.40. The third-order valence-electron chi connectivity index (χ3n) is 5.83. The molecule has 6 heteroatoms. The zero-order valence-electron chi connectivity index (χ0n) is 14.0. The summed E-state index contributed by atoms with van der Waals surface area (Å²) in [5, 5.41) is 11.0. The Hall–Kier alpha value is -1.07. The Bertz CT molecular complexity index is 491. The molecule has 0 aromatic carbocycles. The fourth-order valence-corrected chi connectivity index (χ4v) is 4.14. The van der Waals surface area contributed by atoms with Crippen LogP contribution in [0.5, 0.6) is 0 Å². The lowest BCUT2D eigenvalue weighted by Crippen LogP contribution is -2.55. The molecular weight excluding hydrogens is 312 g/mol. The predicted molar refractivity (Wildman–Crippen MR) is 93.8 cm³/mol. The van der Waals surface area contributed by atoms with E-state index >= 15 is 0 Å². The third kappa shape index (κ3) is 3.56. The number of carbonyl (C=O) groups is 1. The zero-order chi connectivity index (χ0) is 15.5. The minimum atomic E-state index is -0.512. The van der Waals surface area contributed by atoms with E-state index in [-0.39, 0.29) is 18.3 Å². The van der Waals surface area contributed by atoms with E-state index in [1.165, 1.54) is 25.7 Å². The number of amides is 1. The summed E-state index contributed by atoms with van der Waals surface area (Å²) in [5.41, 5.74) is -0.184. The van der Waals surface area contributed by atoms with Crippen molar-refractivity contribution in [2.45, 2.75) is 57.4 Å². The fourth-order valence-electron chi connectivity index (χ4n) is 4.14. The number of piperidine rings is 1. The Labute approximate surface area is 145 Å². The summed E-state index contributed by atoms with van der Waals surface area (Å²) in [6.45, 7) is 4.81. The summed E-state index contributed by atoms with van der Waals surface area (Å²) in [6, 6.07) is 1.90. The summed E-state index contributed by atoms with van der Waals surface area (Å²) in [4.78, 5) is 13.0. The Morgan fingerprint density at radius 2 is 1.96 bits per heavy atom. The molecule has 1 aliphatic heterocycles. The molecule has 1 amide bonds. The van der Waals surface area contributed by atoms with Gasteiger partial charge in [0.15, 0.2) is 0 Å². The number of nitrogens with zero attached hydrogens (tertiary/aromatic N) is 2. The van der Waals surface area contributed by atoms with Crippen molar-refractivity contribution in [1.29, 1.82) is 0 Å². The van der Waals surface area contributed by atoms with Crippen molar-refractivity contribution in [3.8, 4) is 0 Å². The van der Waals surface area contributed by atoms with E-state index in [2.05, 4.69) is 22.7 Å². The molecule has 0 radical (unpaired) electrons. The van der Waals surface area contributed by atoms with Gasteiger partial charge in [-0.15, -0.1) is 12.4 Å². The molecule has 0 spiro atoms. The summed E-state index contributed by atoms with van der Waals surface area (Å²) in [7, 11) is 0. The molecule has 23 heavy (non-hydrogen) atoms. The molecule has 1 saturated heterocycles. The van der Waals surface area contributed by atoms with Crippen LogP contribution >= 0.6 is 12.4 Å². The fraction of sp³-hybridized carbons (Fsp3) is 0.765. The van der Waals surface area contributed by atoms with Crippen LogP contribution in [0.1, 0.15) is 51.9 Å². The standard InChI is InChI=1S/C17H28N4O.ClH/c1-2-16(6-3-4-7-16)14-19-15(22)17(8-11-18-12-9-17)21-13-5-10-20-21;/h5,10,13,18H,2-4,6-9,11-12,14H2,1H3,(H,19,22);1H. The van der Waals surface area contributed by atoms with Crippen molar-refractivity contribution < 1.29 is 4.79 Å². The lowest BCUT2D eigenvalue weighted by Gasteiger charge is -2.38. The van der Waals surface area contributed by atoms with Gasteiger partial charge in [0.05, 0.1) is 0 Å². The van der Waals surface area contributed by atoms with Crippen molar-refractivity contribution in [3.05, 3.63) is 18.5 Å². The van der Waals surface area contributed by atoms with E-state index in [0.29, 0.717) is 5.41 Å². The summed E-state index contributed by atoms with van der Waals surface area (Å²) >= 11 is 0. The molecule has 1 aromatic rings. The Morgan fingerprint density at radius 1 is 1.26 bits per heavy atom. The highest BCUT2D eigenvalue weighted by atomic mass is 35.5. The molecule has 1 aliphatic carbocycles.